The van der Waals surface area contributed by atoms with Gasteiger partial charge in [0.15, 0.2) is 23.0 Å². The van der Waals surface area contributed by atoms with Gasteiger partial charge >= 0.3 is 0 Å². The highest BCUT2D eigenvalue weighted by atomic mass is 16.6. The molecule has 0 aliphatic carbocycles. The van der Waals surface area contributed by atoms with Crippen molar-refractivity contribution in [2.75, 3.05) is 32.8 Å². The lowest BCUT2D eigenvalue weighted by Crippen LogP contribution is -2.17. The number of rotatable bonds is 4. The number of ether oxygens (including phenoxy) is 4. The van der Waals surface area contributed by atoms with Crippen LogP contribution in [-0.4, -0.2) is 33.3 Å². The molecule has 2 aromatic carbocycles. The van der Waals surface area contributed by atoms with E-state index in [-0.39, 0.29) is 5.91 Å². The maximum atomic E-state index is 12.5. The molecule has 0 fully saturated rings. The Morgan fingerprint density at radius 3 is 2.33 bits per heavy atom. The van der Waals surface area contributed by atoms with Crippen LogP contribution in [0.1, 0.15) is 15.9 Å². The molecule has 1 amide bonds. The maximum absolute atomic E-state index is 12.5. The lowest BCUT2D eigenvalue weighted by molar-refractivity contribution is 0.102. The molecule has 0 atom stereocenters. The van der Waals surface area contributed by atoms with Crippen molar-refractivity contribution >= 4 is 11.6 Å². The normalized spacial score (nSPS) is 12.5. The third kappa shape index (κ3) is 3.08. The quantitative estimate of drug-likeness (QED) is 0.934. The summed E-state index contributed by atoms with van der Waals surface area (Å²) in [7, 11) is 3.08. The van der Waals surface area contributed by atoms with Gasteiger partial charge in [-0.15, -0.1) is 0 Å². The van der Waals surface area contributed by atoms with Crippen LogP contribution in [0.25, 0.3) is 0 Å². The highest BCUT2D eigenvalue weighted by molar-refractivity contribution is 6.05. The second kappa shape index (κ2) is 6.70. The smallest absolute Gasteiger partial charge is 0.255 e. The molecule has 1 aliphatic heterocycles. The van der Waals surface area contributed by atoms with E-state index in [1.807, 2.05) is 13.0 Å². The van der Waals surface area contributed by atoms with E-state index in [1.54, 1.807) is 31.4 Å². The summed E-state index contributed by atoms with van der Waals surface area (Å²) in [6.07, 6.45) is 0. The van der Waals surface area contributed by atoms with Gasteiger partial charge in [-0.1, -0.05) is 0 Å². The molecule has 0 bridgehead atoms. The summed E-state index contributed by atoms with van der Waals surface area (Å²) in [6.45, 7) is 2.94. The Morgan fingerprint density at radius 1 is 1.00 bits per heavy atom. The zero-order valence-electron chi connectivity index (χ0n) is 13.8. The minimum absolute atomic E-state index is 0.240. The molecular formula is C18H19NO5. The molecule has 3 rings (SSSR count). The predicted octanol–water partition coefficient (Wildman–Crippen LogP) is 3.04. The SMILES string of the molecule is COc1ccc(C(=O)Nc2cc3c(cc2C)OCCO3)cc1OC. The molecule has 0 unspecified atom stereocenters. The molecule has 6 nitrogen and oxygen atoms in total. The van der Waals surface area contributed by atoms with Crippen molar-refractivity contribution in [3.05, 3.63) is 41.5 Å². The van der Waals surface area contributed by atoms with Gasteiger partial charge in [0.05, 0.1) is 14.2 Å². The van der Waals surface area contributed by atoms with Gasteiger partial charge in [-0.25, -0.2) is 0 Å². The average molecular weight is 329 g/mol. The fourth-order valence-electron chi connectivity index (χ4n) is 2.50. The number of amides is 1. The van der Waals surface area contributed by atoms with Gasteiger partial charge in [0.2, 0.25) is 0 Å². The number of hydrogen-bond donors (Lipinski definition) is 1. The van der Waals surface area contributed by atoms with Crippen molar-refractivity contribution in [3.63, 3.8) is 0 Å². The summed E-state index contributed by atoms with van der Waals surface area (Å²) < 4.78 is 21.5. The Hall–Kier alpha value is -2.89. The van der Waals surface area contributed by atoms with Gasteiger partial charge in [-0.05, 0) is 36.8 Å². The Balaban J connectivity index is 1.84. The number of hydrogen-bond acceptors (Lipinski definition) is 5. The first-order valence-electron chi connectivity index (χ1n) is 7.56. The number of anilines is 1. The van der Waals surface area contributed by atoms with Crippen LogP contribution in [0.5, 0.6) is 23.0 Å². The van der Waals surface area contributed by atoms with Gasteiger partial charge in [0, 0.05) is 17.3 Å². The molecule has 24 heavy (non-hydrogen) atoms. The molecule has 6 heteroatoms. The Kier molecular flexibility index (Phi) is 4.46. The lowest BCUT2D eigenvalue weighted by atomic mass is 10.1. The van der Waals surface area contributed by atoms with E-state index >= 15 is 0 Å². The highest BCUT2D eigenvalue weighted by Crippen LogP contribution is 2.35. The number of carbonyl (C=O) groups excluding carboxylic acids is 1. The molecule has 1 N–H and O–H groups in total. The van der Waals surface area contributed by atoms with E-state index in [1.165, 1.54) is 7.11 Å². The van der Waals surface area contributed by atoms with Crippen LogP contribution in [0, 0.1) is 6.92 Å². The van der Waals surface area contributed by atoms with Crippen LogP contribution >= 0.6 is 0 Å². The van der Waals surface area contributed by atoms with Crippen molar-refractivity contribution < 1.29 is 23.7 Å². The Labute approximate surface area is 140 Å². The first kappa shape index (κ1) is 16.0. The molecule has 0 spiro atoms. The van der Waals surface area contributed by atoms with Crippen LogP contribution in [0.15, 0.2) is 30.3 Å². The first-order chi connectivity index (χ1) is 11.6. The minimum atomic E-state index is -0.240. The minimum Gasteiger partial charge on any atom is -0.493 e. The van der Waals surface area contributed by atoms with Crippen molar-refractivity contribution in [1.82, 2.24) is 0 Å². The molecular weight excluding hydrogens is 310 g/mol. The first-order valence-corrected chi connectivity index (χ1v) is 7.56. The molecule has 0 radical (unpaired) electrons. The summed E-state index contributed by atoms with van der Waals surface area (Å²) in [5.74, 6) is 2.17. The van der Waals surface area contributed by atoms with Crippen LogP contribution in [0.4, 0.5) is 5.69 Å². The second-order valence-electron chi connectivity index (χ2n) is 5.33. The number of fused-ring (bicyclic) bond motifs is 1. The van der Waals surface area contributed by atoms with E-state index in [9.17, 15) is 4.79 Å². The third-order valence-electron chi connectivity index (χ3n) is 3.78. The maximum Gasteiger partial charge on any atom is 0.255 e. The summed E-state index contributed by atoms with van der Waals surface area (Å²) in [6, 6.07) is 8.66. The van der Waals surface area contributed by atoms with Crippen LogP contribution in [-0.2, 0) is 0 Å². The van der Waals surface area contributed by atoms with E-state index < -0.39 is 0 Å². The van der Waals surface area contributed by atoms with E-state index in [0.717, 1.165) is 5.56 Å². The number of methoxy groups -OCH3 is 2. The fraction of sp³-hybridized carbons (Fsp3) is 0.278. The monoisotopic (exact) mass is 329 g/mol. The van der Waals surface area contributed by atoms with E-state index in [4.69, 9.17) is 18.9 Å². The lowest BCUT2D eigenvalue weighted by Gasteiger charge is -2.20. The van der Waals surface area contributed by atoms with E-state index in [2.05, 4.69) is 5.32 Å². The van der Waals surface area contributed by atoms with Gasteiger partial charge in [-0.2, -0.15) is 0 Å². The highest BCUT2D eigenvalue weighted by Gasteiger charge is 2.17. The largest absolute Gasteiger partial charge is 0.493 e. The van der Waals surface area contributed by atoms with Crippen molar-refractivity contribution in [3.8, 4) is 23.0 Å². The van der Waals surface area contributed by atoms with Gasteiger partial charge in [-0.3, -0.25) is 4.79 Å². The zero-order chi connectivity index (χ0) is 17.1. The number of carbonyl (C=O) groups is 1. The van der Waals surface area contributed by atoms with E-state index in [0.29, 0.717) is 47.5 Å². The summed E-state index contributed by atoms with van der Waals surface area (Å²) in [5, 5.41) is 2.89. The molecule has 0 aromatic heterocycles. The second-order valence-corrected chi connectivity index (χ2v) is 5.33. The van der Waals surface area contributed by atoms with Crippen molar-refractivity contribution in [1.29, 1.82) is 0 Å². The van der Waals surface area contributed by atoms with Crippen LogP contribution < -0.4 is 24.3 Å². The topological polar surface area (TPSA) is 66.0 Å². The van der Waals surface area contributed by atoms with Crippen molar-refractivity contribution in [2.45, 2.75) is 6.92 Å². The number of aryl methyl sites for hydroxylation is 1. The fourth-order valence-corrected chi connectivity index (χ4v) is 2.50. The Bertz CT molecular complexity index is 772. The molecule has 0 saturated heterocycles. The number of nitrogens with one attached hydrogen (secondary N) is 1. The van der Waals surface area contributed by atoms with Gasteiger partial charge < -0.3 is 24.3 Å². The molecule has 126 valence electrons. The van der Waals surface area contributed by atoms with Gasteiger partial charge in [0.25, 0.3) is 5.91 Å². The van der Waals surface area contributed by atoms with Crippen molar-refractivity contribution in [2.24, 2.45) is 0 Å². The molecule has 1 heterocycles. The predicted molar refractivity (Wildman–Crippen MR) is 89.7 cm³/mol. The van der Waals surface area contributed by atoms with Gasteiger partial charge in [0.1, 0.15) is 13.2 Å². The van der Waals surface area contributed by atoms with Crippen LogP contribution in [0.3, 0.4) is 0 Å². The standard InChI is InChI=1S/C18H19NO5/c1-11-8-16-17(24-7-6-23-16)10-13(11)19-18(20)12-4-5-14(21-2)15(9-12)22-3/h4-5,8-10H,6-7H2,1-3H3,(H,19,20). The molecule has 0 saturated carbocycles. The Morgan fingerprint density at radius 2 is 1.67 bits per heavy atom. The number of benzene rings is 2. The van der Waals surface area contributed by atoms with Crippen LogP contribution in [0.2, 0.25) is 0 Å². The average Bonchev–Trinajstić information content (AvgIpc) is 2.61. The molecule has 1 aliphatic rings. The zero-order valence-corrected chi connectivity index (χ0v) is 13.8. The third-order valence-corrected chi connectivity index (χ3v) is 3.78. The summed E-state index contributed by atoms with van der Waals surface area (Å²) in [4.78, 5) is 12.5. The summed E-state index contributed by atoms with van der Waals surface area (Å²) in [5.41, 5.74) is 2.05. The molecule has 2 aromatic rings. The summed E-state index contributed by atoms with van der Waals surface area (Å²) >= 11 is 0.